The van der Waals surface area contributed by atoms with E-state index in [1.807, 2.05) is 0 Å². The molecule has 0 aliphatic heterocycles. The van der Waals surface area contributed by atoms with Gasteiger partial charge >= 0.3 is 0 Å². The number of benzene rings is 1. The van der Waals surface area contributed by atoms with Crippen LogP contribution in [0.25, 0.3) is 0 Å². The minimum atomic E-state index is -3.41. The molecular formula is C11H16N2O3S. The molecule has 0 aliphatic carbocycles. The highest BCUT2D eigenvalue weighted by molar-refractivity contribution is 7.91. The summed E-state index contributed by atoms with van der Waals surface area (Å²) in [7, 11) is -1.93. The molecule has 0 saturated carbocycles. The van der Waals surface area contributed by atoms with Crippen molar-refractivity contribution in [1.82, 2.24) is 5.32 Å². The van der Waals surface area contributed by atoms with Crippen LogP contribution in [0.15, 0.2) is 23.1 Å². The van der Waals surface area contributed by atoms with E-state index in [0.29, 0.717) is 6.42 Å². The number of carbonyl (C=O) groups is 1. The van der Waals surface area contributed by atoms with Crippen molar-refractivity contribution in [1.29, 1.82) is 0 Å². The Morgan fingerprint density at radius 3 is 2.59 bits per heavy atom. The van der Waals surface area contributed by atoms with Gasteiger partial charge in [-0.2, -0.15) is 0 Å². The molecule has 94 valence electrons. The van der Waals surface area contributed by atoms with E-state index in [4.69, 9.17) is 5.73 Å². The van der Waals surface area contributed by atoms with E-state index >= 15 is 0 Å². The maximum absolute atomic E-state index is 11.9. The molecule has 1 amide bonds. The molecule has 0 aromatic heterocycles. The molecule has 0 saturated heterocycles. The maximum Gasteiger partial charge on any atom is 0.251 e. The zero-order valence-electron chi connectivity index (χ0n) is 9.86. The zero-order valence-corrected chi connectivity index (χ0v) is 10.7. The van der Waals surface area contributed by atoms with E-state index in [1.54, 1.807) is 6.92 Å². The summed E-state index contributed by atoms with van der Waals surface area (Å²) in [6.07, 6.45) is 0.506. The zero-order chi connectivity index (χ0) is 13.1. The lowest BCUT2D eigenvalue weighted by Gasteiger charge is -2.08. The van der Waals surface area contributed by atoms with Crippen molar-refractivity contribution in [3.8, 4) is 0 Å². The Bertz CT molecular complexity index is 524. The third-order valence-corrected chi connectivity index (χ3v) is 4.28. The Kier molecular flexibility index (Phi) is 4.11. The number of nitrogen functional groups attached to an aromatic ring is 1. The van der Waals surface area contributed by atoms with Crippen LogP contribution in [-0.4, -0.2) is 27.1 Å². The van der Waals surface area contributed by atoms with Gasteiger partial charge < -0.3 is 11.1 Å². The van der Waals surface area contributed by atoms with Crippen molar-refractivity contribution in [2.45, 2.75) is 18.2 Å². The summed E-state index contributed by atoms with van der Waals surface area (Å²) in [4.78, 5) is 11.4. The van der Waals surface area contributed by atoms with Gasteiger partial charge in [-0.05, 0) is 24.6 Å². The van der Waals surface area contributed by atoms with Crippen molar-refractivity contribution < 1.29 is 13.2 Å². The first-order chi connectivity index (χ1) is 7.92. The smallest absolute Gasteiger partial charge is 0.251 e. The largest absolute Gasteiger partial charge is 0.398 e. The molecule has 0 bridgehead atoms. The van der Waals surface area contributed by atoms with Gasteiger partial charge in [0.1, 0.15) is 0 Å². The quantitative estimate of drug-likeness (QED) is 0.780. The van der Waals surface area contributed by atoms with Gasteiger partial charge in [-0.15, -0.1) is 0 Å². The monoisotopic (exact) mass is 256 g/mol. The number of sulfone groups is 1. The molecule has 17 heavy (non-hydrogen) atoms. The van der Waals surface area contributed by atoms with Crippen molar-refractivity contribution in [2.24, 2.45) is 0 Å². The molecule has 1 aromatic carbocycles. The molecule has 0 fully saturated rings. The van der Waals surface area contributed by atoms with Crippen LogP contribution in [0.1, 0.15) is 23.7 Å². The van der Waals surface area contributed by atoms with Crippen LogP contribution in [0, 0.1) is 0 Å². The third kappa shape index (κ3) is 2.97. The number of nitrogens with one attached hydrogen (secondary N) is 1. The highest BCUT2D eigenvalue weighted by Gasteiger charge is 2.18. The van der Waals surface area contributed by atoms with E-state index in [0.717, 1.165) is 0 Å². The van der Waals surface area contributed by atoms with E-state index in [1.165, 1.54) is 25.2 Å². The minimum absolute atomic E-state index is 0.0222. The summed E-state index contributed by atoms with van der Waals surface area (Å²) in [6, 6.07) is 4.26. The van der Waals surface area contributed by atoms with Gasteiger partial charge in [0.15, 0.2) is 9.84 Å². The van der Waals surface area contributed by atoms with Gasteiger partial charge in [0.25, 0.3) is 5.91 Å². The van der Waals surface area contributed by atoms with Crippen LogP contribution in [-0.2, 0) is 9.84 Å². The number of rotatable bonds is 4. The molecule has 5 nitrogen and oxygen atoms in total. The first kappa shape index (κ1) is 13.5. The van der Waals surface area contributed by atoms with Crippen LogP contribution < -0.4 is 11.1 Å². The molecule has 0 unspecified atom stereocenters. The van der Waals surface area contributed by atoms with E-state index in [9.17, 15) is 13.2 Å². The van der Waals surface area contributed by atoms with E-state index < -0.39 is 9.84 Å². The molecule has 0 heterocycles. The number of nitrogens with two attached hydrogens (primary N) is 1. The van der Waals surface area contributed by atoms with Gasteiger partial charge in [0.05, 0.1) is 16.3 Å². The number of hydrogen-bond donors (Lipinski definition) is 2. The van der Waals surface area contributed by atoms with Crippen molar-refractivity contribution >= 4 is 21.4 Å². The Labute approximate surface area is 101 Å². The Morgan fingerprint density at radius 1 is 1.41 bits per heavy atom. The van der Waals surface area contributed by atoms with Gasteiger partial charge in [-0.1, -0.05) is 6.92 Å². The fourth-order valence-electron chi connectivity index (χ4n) is 1.47. The summed E-state index contributed by atoms with van der Waals surface area (Å²) < 4.78 is 23.8. The minimum Gasteiger partial charge on any atom is -0.398 e. The van der Waals surface area contributed by atoms with Crippen molar-refractivity contribution in [3.05, 3.63) is 23.8 Å². The lowest BCUT2D eigenvalue weighted by molar-refractivity contribution is 0.0963. The molecule has 3 N–H and O–H groups in total. The number of carbonyl (C=O) groups excluding carboxylic acids is 1. The summed E-state index contributed by atoms with van der Waals surface area (Å²) in [6.45, 7) is 1.77. The first-order valence-corrected chi connectivity index (χ1v) is 6.92. The molecule has 0 atom stereocenters. The van der Waals surface area contributed by atoms with Crippen LogP contribution in [0.2, 0.25) is 0 Å². The molecule has 0 spiro atoms. The predicted octanol–water partition coefficient (Wildman–Crippen LogP) is 0.812. The molecule has 0 radical (unpaired) electrons. The Hall–Kier alpha value is -1.56. The second-order valence-electron chi connectivity index (χ2n) is 3.65. The third-order valence-electron chi connectivity index (χ3n) is 2.31. The second kappa shape index (κ2) is 5.18. The van der Waals surface area contributed by atoms with E-state index in [-0.39, 0.29) is 27.8 Å². The lowest BCUT2D eigenvalue weighted by Crippen LogP contribution is -2.19. The molecule has 1 rings (SSSR count). The predicted molar refractivity (Wildman–Crippen MR) is 66.6 cm³/mol. The fourth-order valence-corrected chi connectivity index (χ4v) is 2.96. The number of amides is 1. The van der Waals surface area contributed by atoms with Crippen molar-refractivity contribution in [3.63, 3.8) is 0 Å². The van der Waals surface area contributed by atoms with Crippen LogP contribution in [0.5, 0.6) is 0 Å². The van der Waals surface area contributed by atoms with Crippen molar-refractivity contribution in [2.75, 3.05) is 18.5 Å². The van der Waals surface area contributed by atoms with Crippen LogP contribution in [0.3, 0.4) is 0 Å². The van der Waals surface area contributed by atoms with E-state index in [2.05, 4.69) is 5.32 Å². The highest BCUT2D eigenvalue weighted by Crippen LogP contribution is 2.21. The summed E-state index contributed by atoms with van der Waals surface area (Å²) in [5.41, 5.74) is 6.10. The maximum atomic E-state index is 11.9. The molecule has 1 aromatic rings. The normalized spacial score (nSPS) is 11.2. The summed E-state index contributed by atoms with van der Waals surface area (Å²) in [5, 5.41) is 2.44. The SMILES string of the molecule is CCCS(=O)(=O)c1cc(C(=O)NC)ccc1N. The number of anilines is 1. The fraction of sp³-hybridized carbons (Fsp3) is 0.364. The lowest BCUT2D eigenvalue weighted by atomic mass is 10.2. The average molecular weight is 256 g/mol. The topological polar surface area (TPSA) is 89.3 Å². The second-order valence-corrected chi connectivity index (χ2v) is 5.73. The van der Waals surface area contributed by atoms with Gasteiger partial charge in [0, 0.05) is 12.6 Å². The Morgan fingerprint density at radius 2 is 2.06 bits per heavy atom. The average Bonchev–Trinajstić information content (AvgIpc) is 2.28. The number of hydrogen-bond acceptors (Lipinski definition) is 4. The molecular weight excluding hydrogens is 240 g/mol. The highest BCUT2D eigenvalue weighted by atomic mass is 32.2. The van der Waals surface area contributed by atoms with Gasteiger partial charge in [-0.25, -0.2) is 8.42 Å². The Balaban J connectivity index is 3.29. The molecule has 0 aliphatic rings. The van der Waals surface area contributed by atoms with Crippen LogP contribution >= 0.6 is 0 Å². The molecule has 6 heteroatoms. The summed E-state index contributed by atoms with van der Waals surface area (Å²) in [5.74, 6) is -0.313. The van der Waals surface area contributed by atoms with Crippen LogP contribution in [0.4, 0.5) is 5.69 Å². The van der Waals surface area contributed by atoms with Gasteiger partial charge in [-0.3, -0.25) is 4.79 Å². The first-order valence-electron chi connectivity index (χ1n) is 5.26. The standard InChI is InChI=1S/C11H16N2O3S/c1-3-6-17(15,16)10-7-8(11(14)13-2)4-5-9(10)12/h4-5,7H,3,6,12H2,1-2H3,(H,13,14). The summed E-state index contributed by atoms with van der Waals surface area (Å²) >= 11 is 0. The van der Waals surface area contributed by atoms with Gasteiger partial charge in [0.2, 0.25) is 0 Å².